The second kappa shape index (κ2) is 7.81. The molecule has 17 heteroatoms. The number of alkyl halides is 13. The van der Waals surface area contributed by atoms with Crippen LogP contribution < -0.4 is 0 Å². The smallest absolute Gasteiger partial charge is 0.460 e. The predicted molar refractivity (Wildman–Crippen MR) is 73.4 cm³/mol. The maximum atomic E-state index is 14.8. The van der Waals surface area contributed by atoms with Crippen LogP contribution in [0.3, 0.4) is 0 Å². The van der Waals surface area contributed by atoms with Crippen LogP contribution in [-0.2, 0) is 14.3 Å². The first-order valence-corrected chi connectivity index (χ1v) is 7.76. The molecule has 4 nitrogen and oxygen atoms in total. The molecule has 0 rings (SSSR count). The first kappa shape index (κ1) is 29.5. The van der Waals surface area contributed by atoms with Crippen LogP contribution in [0.2, 0.25) is 0 Å². The fraction of sp³-hybridized carbons (Fsp3) is 0.929. The molecule has 31 heavy (non-hydrogen) atoms. The third-order valence-electron chi connectivity index (χ3n) is 4.18. The first-order chi connectivity index (χ1) is 13.2. The van der Waals surface area contributed by atoms with Gasteiger partial charge in [-0.3, -0.25) is 4.74 Å². The highest BCUT2D eigenvalue weighted by Crippen LogP contribution is 2.57. The molecule has 0 heterocycles. The quantitative estimate of drug-likeness (QED) is 0.418. The van der Waals surface area contributed by atoms with Gasteiger partial charge in [-0.2, -0.15) is 48.3 Å². The van der Waals surface area contributed by atoms with Crippen LogP contribution in [0.1, 0.15) is 34.1 Å². The molecule has 1 N–H and O–H groups in total. The van der Waals surface area contributed by atoms with Gasteiger partial charge in [0.25, 0.3) is 0 Å². The monoisotopic (exact) mass is 494 g/mol. The summed E-state index contributed by atoms with van der Waals surface area (Å²) in [5.74, 6) is -10.6. The molecule has 3 atom stereocenters. The minimum absolute atomic E-state index is 0.0197. The van der Waals surface area contributed by atoms with E-state index in [-0.39, 0.29) is 6.92 Å². The van der Waals surface area contributed by atoms with Crippen LogP contribution >= 0.6 is 0 Å². The third-order valence-corrected chi connectivity index (χ3v) is 4.18. The number of carboxylic acid groups (broad SMARTS) is 1. The fourth-order valence-corrected chi connectivity index (χ4v) is 2.03. The van der Waals surface area contributed by atoms with Crippen LogP contribution in [0.15, 0.2) is 0 Å². The van der Waals surface area contributed by atoms with Crippen molar-refractivity contribution in [3.05, 3.63) is 0 Å². The SMILES string of the molecule is CCC(C)(F)C(F)(F)OC(C)(C)C(F)(C(F)(F)F)C(F)(F)OC(F)(C(=O)O)C(F)(F)F. The highest BCUT2D eigenvalue weighted by Gasteiger charge is 2.84. The topological polar surface area (TPSA) is 55.8 Å². The summed E-state index contributed by atoms with van der Waals surface area (Å²) in [6, 6.07) is 0. The van der Waals surface area contributed by atoms with E-state index in [0.29, 0.717) is 6.92 Å². The van der Waals surface area contributed by atoms with Crippen molar-refractivity contribution < 1.29 is 76.5 Å². The van der Waals surface area contributed by atoms with E-state index in [1.54, 1.807) is 0 Å². The van der Waals surface area contributed by atoms with Gasteiger partial charge in [-0.15, -0.1) is 0 Å². The zero-order valence-corrected chi connectivity index (χ0v) is 15.8. The summed E-state index contributed by atoms with van der Waals surface area (Å²) in [5.41, 5.74) is -15.4. The average Bonchev–Trinajstić information content (AvgIpc) is 2.49. The Morgan fingerprint density at radius 2 is 1.10 bits per heavy atom. The van der Waals surface area contributed by atoms with Crippen molar-refractivity contribution in [2.75, 3.05) is 0 Å². The molecule has 0 fully saturated rings. The van der Waals surface area contributed by atoms with Gasteiger partial charge in [0.15, 0.2) is 5.67 Å². The molecule has 0 aliphatic carbocycles. The molecule has 0 bridgehead atoms. The van der Waals surface area contributed by atoms with Crippen molar-refractivity contribution in [2.24, 2.45) is 0 Å². The summed E-state index contributed by atoms with van der Waals surface area (Å²) in [5, 5.41) is 8.17. The first-order valence-electron chi connectivity index (χ1n) is 7.76. The number of halogens is 13. The molecule has 0 aromatic heterocycles. The second-order valence-corrected chi connectivity index (χ2v) is 6.85. The van der Waals surface area contributed by atoms with Crippen LogP contribution in [-0.4, -0.2) is 58.4 Å². The van der Waals surface area contributed by atoms with Crippen LogP contribution in [0.5, 0.6) is 0 Å². The Kier molecular flexibility index (Phi) is 7.43. The predicted octanol–water partition coefficient (Wildman–Crippen LogP) is 5.71. The maximum Gasteiger partial charge on any atom is 0.460 e. The molecule has 0 saturated carbocycles. The molecular formula is C14H15F13O4. The van der Waals surface area contributed by atoms with E-state index in [2.05, 4.69) is 9.47 Å². The van der Waals surface area contributed by atoms with Gasteiger partial charge in [0.2, 0.25) is 0 Å². The summed E-state index contributed by atoms with van der Waals surface area (Å²) in [6.45, 7) is -0.272. The number of hydrogen-bond acceptors (Lipinski definition) is 3. The number of ether oxygens (including phenoxy) is 2. The number of hydrogen-bond donors (Lipinski definition) is 1. The van der Waals surface area contributed by atoms with Gasteiger partial charge in [-0.1, -0.05) is 6.92 Å². The fourth-order valence-electron chi connectivity index (χ4n) is 2.03. The molecule has 0 aromatic rings. The van der Waals surface area contributed by atoms with E-state index in [0.717, 1.165) is 0 Å². The molecule has 0 aliphatic heterocycles. The van der Waals surface area contributed by atoms with Gasteiger partial charge >= 0.3 is 42.1 Å². The normalized spacial score (nSPS) is 20.5. The Bertz CT molecular complexity index is 670. The zero-order chi connectivity index (χ0) is 25.7. The largest absolute Gasteiger partial charge is 0.477 e. The molecule has 0 aromatic carbocycles. The van der Waals surface area contributed by atoms with Crippen molar-refractivity contribution in [2.45, 2.75) is 81.5 Å². The molecule has 0 saturated heterocycles. The van der Waals surface area contributed by atoms with Crippen molar-refractivity contribution >= 4 is 5.97 Å². The minimum Gasteiger partial charge on any atom is -0.477 e. The minimum atomic E-state index is -7.16. The second-order valence-electron chi connectivity index (χ2n) is 6.85. The lowest BCUT2D eigenvalue weighted by Gasteiger charge is -2.47. The summed E-state index contributed by atoms with van der Waals surface area (Å²) in [6.07, 6.45) is -28.0. The van der Waals surface area contributed by atoms with E-state index >= 15 is 0 Å². The lowest BCUT2D eigenvalue weighted by atomic mass is 9.84. The van der Waals surface area contributed by atoms with E-state index in [1.165, 1.54) is 0 Å². The van der Waals surface area contributed by atoms with Gasteiger partial charge in [-0.25, -0.2) is 13.6 Å². The maximum absolute atomic E-state index is 14.8. The van der Waals surface area contributed by atoms with Crippen LogP contribution in [0, 0.1) is 0 Å². The molecular weight excluding hydrogens is 479 g/mol. The molecule has 0 radical (unpaired) electrons. The number of rotatable bonds is 9. The van der Waals surface area contributed by atoms with E-state index in [9.17, 15) is 61.9 Å². The number of carboxylic acids is 1. The molecule has 0 aliphatic rings. The van der Waals surface area contributed by atoms with Gasteiger partial charge in [0.1, 0.15) is 5.60 Å². The summed E-state index contributed by atoms with van der Waals surface area (Å²) in [7, 11) is 0. The van der Waals surface area contributed by atoms with Crippen molar-refractivity contribution in [3.63, 3.8) is 0 Å². The standard InChI is InChI=1S/C14H15F13O4/c1-5-8(4,15)13(24,25)30-7(2,3)10(17,12(21,22)23)14(26,27)31-9(16,6(28)29)11(18,19)20/h5H2,1-4H3,(H,28,29). The Labute approximate surface area is 165 Å². The molecule has 0 amide bonds. The summed E-state index contributed by atoms with van der Waals surface area (Å²) < 4.78 is 181. The summed E-state index contributed by atoms with van der Waals surface area (Å²) in [4.78, 5) is 10.4. The van der Waals surface area contributed by atoms with Crippen molar-refractivity contribution in [3.8, 4) is 0 Å². The highest BCUT2D eigenvalue weighted by molar-refractivity contribution is 5.76. The van der Waals surface area contributed by atoms with Crippen molar-refractivity contribution in [1.29, 1.82) is 0 Å². The Hall–Kier alpha value is -1.52. The third kappa shape index (κ3) is 4.80. The van der Waals surface area contributed by atoms with Crippen LogP contribution in [0.4, 0.5) is 57.1 Å². The lowest BCUT2D eigenvalue weighted by Crippen LogP contribution is -2.72. The van der Waals surface area contributed by atoms with Gasteiger partial charge in [0.05, 0.1) is 0 Å². The van der Waals surface area contributed by atoms with Crippen molar-refractivity contribution in [1.82, 2.24) is 0 Å². The van der Waals surface area contributed by atoms with E-state index < -0.39 is 73.6 Å². The zero-order valence-electron chi connectivity index (χ0n) is 15.8. The Balaban J connectivity index is 6.76. The Morgan fingerprint density at radius 1 is 0.710 bits per heavy atom. The molecule has 186 valence electrons. The van der Waals surface area contributed by atoms with E-state index in [4.69, 9.17) is 5.11 Å². The van der Waals surface area contributed by atoms with Gasteiger partial charge in [0, 0.05) is 0 Å². The Morgan fingerprint density at radius 3 is 1.35 bits per heavy atom. The average molecular weight is 494 g/mol. The number of carbonyl (C=O) groups is 1. The summed E-state index contributed by atoms with van der Waals surface area (Å²) >= 11 is 0. The van der Waals surface area contributed by atoms with Gasteiger partial charge < -0.3 is 9.84 Å². The number of aliphatic carboxylic acids is 1. The lowest BCUT2D eigenvalue weighted by molar-refractivity contribution is -0.484. The van der Waals surface area contributed by atoms with Crippen LogP contribution in [0.25, 0.3) is 0 Å². The highest BCUT2D eigenvalue weighted by atomic mass is 19.4. The molecule has 0 spiro atoms. The van der Waals surface area contributed by atoms with E-state index in [1.807, 2.05) is 0 Å². The van der Waals surface area contributed by atoms with Gasteiger partial charge in [-0.05, 0) is 27.2 Å². The molecule has 3 unspecified atom stereocenters.